The molecule has 27 heavy (non-hydrogen) atoms. The van der Waals surface area contributed by atoms with Gasteiger partial charge in [0.25, 0.3) is 0 Å². The predicted octanol–water partition coefficient (Wildman–Crippen LogP) is 6.11. The summed E-state index contributed by atoms with van der Waals surface area (Å²) in [5, 5.41) is 1.20. The Morgan fingerprint density at radius 1 is 1.19 bits per heavy atom. The molecule has 1 aliphatic carbocycles. The lowest BCUT2D eigenvalue weighted by Crippen LogP contribution is -2.18. The number of allylic oxidation sites excluding steroid dienone is 1. The van der Waals surface area contributed by atoms with Crippen LogP contribution in [0.25, 0.3) is 16.5 Å². The summed E-state index contributed by atoms with van der Waals surface area (Å²) in [6.07, 6.45) is 0.653. The zero-order valence-corrected chi connectivity index (χ0v) is 17.3. The molecule has 1 atom stereocenters. The maximum atomic E-state index is 12.6. The highest BCUT2D eigenvalue weighted by Gasteiger charge is 2.32. The zero-order valence-electron chi connectivity index (χ0n) is 15.7. The normalized spacial score (nSPS) is 16.5. The van der Waals surface area contributed by atoms with E-state index in [1.54, 1.807) is 0 Å². The van der Waals surface area contributed by atoms with E-state index < -0.39 is 0 Å². The Bertz CT molecular complexity index is 1060. The largest absolute Gasteiger partial charge is 0.463 e. The van der Waals surface area contributed by atoms with Crippen LogP contribution in [0.2, 0.25) is 0 Å². The van der Waals surface area contributed by atoms with Crippen molar-refractivity contribution in [1.82, 2.24) is 4.98 Å². The van der Waals surface area contributed by atoms with Crippen LogP contribution in [0.5, 0.6) is 0 Å². The van der Waals surface area contributed by atoms with Gasteiger partial charge in [0.2, 0.25) is 0 Å². The van der Waals surface area contributed by atoms with Crippen LogP contribution in [0, 0.1) is 6.92 Å². The number of nitrogens with one attached hydrogen (secondary N) is 1. The number of aryl methyl sites for hydroxylation is 1. The third kappa shape index (κ3) is 3.12. The number of carbonyl (C=O) groups is 1. The fraction of sp³-hybridized carbons (Fsp3) is 0.261. The summed E-state index contributed by atoms with van der Waals surface area (Å²) >= 11 is 3.60. The van der Waals surface area contributed by atoms with Gasteiger partial charge in [-0.15, -0.1) is 0 Å². The number of hydrogen-bond donors (Lipinski definition) is 1. The molecule has 1 aromatic heterocycles. The van der Waals surface area contributed by atoms with Crippen molar-refractivity contribution in [1.29, 1.82) is 0 Å². The molecule has 138 valence electrons. The molecule has 3 nitrogen and oxygen atoms in total. The van der Waals surface area contributed by atoms with Gasteiger partial charge in [-0.2, -0.15) is 0 Å². The summed E-state index contributed by atoms with van der Waals surface area (Å²) in [6.45, 7) is 6.34. The summed E-state index contributed by atoms with van der Waals surface area (Å²) in [4.78, 5) is 16.2. The molecule has 0 aliphatic heterocycles. The van der Waals surface area contributed by atoms with E-state index in [1.807, 2.05) is 19.9 Å². The molecule has 4 rings (SSSR count). The van der Waals surface area contributed by atoms with E-state index in [1.165, 1.54) is 22.1 Å². The molecule has 1 unspecified atom stereocenters. The van der Waals surface area contributed by atoms with Crippen LogP contribution in [0.15, 0.2) is 52.5 Å². The second kappa shape index (κ2) is 7.01. The first kappa shape index (κ1) is 18.1. The molecule has 0 saturated heterocycles. The molecule has 1 aliphatic rings. The Hall–Kier alpha value is -2.33. The summed E-state index contributed by atoms with van der Waals surface area (Å²) in [5.74, 6) is -0.0932. The molecule has 3 aromatic rings. The third-order valence-corrected chi connectivity index (χ3v) is 5.88. The number of carbonyl (C=O) groups excluding carboxylic acids is 1. The number of esters is 1. The summed E-state index contributed by atoms with van der Waals surface area (Å²) in [6, 6.07) is 14.9. The first-order valence-corrected chi connectivity index (χ1v) is 10.0. The van der Waals surface area contributed by atoms with Gasteiger partial charge in [0.1, 0.15) is 0 Å². The predicted molar refractivity (Wildman–Crippen MR) is 113 cm³/mol. The van der Waals surface area contributed by atoms with Crippen LogP contribution in [0.1, 0.15) is 48.6 Å². The number of aromatic amines is 1. The number of fused-ring (bicyclic) bond motifs is 3. The van der Waals surface area contributed by atoms with Crippen molar-refractivity contribution in [3.8, 4) is 0 Å². The van der Waals surface area contributed by atoms with E-state index in [4.69, 9.17) is 4.74 Å². The van der Waals surface area contributed by atoms with Crippen molar-refractivity contribution < 1.29 is 9.53 Å². The fourth-order valence-corrected chi connectivity index (χ4v) is 4.35. The zero-order chi connectivity index (χ0) is 19.1. The van der Waals surface area contributed by atoms with Crippen LogP contribution in [-0.2, 0) is 9.53 Å². The Kier molecular flexibility index (Phi) is 4.68. The Balaban J connectivity index is 1.96. The number of H-pyrrole nitrogens is 1. The Morgan fingerprint density at radius 2 is 1.93 bits per heavy atom. The molecule has 0 amide bonds. The van der Waals surface area contributed by atoms with Gasteiger partial charge >= 0.3 is 5.97 Å². The summed E-state index contributed by atoms with van der Waals surface area (Å²) in [7, 11) is 0. The summed E-state index contributed by atoms with van der Waals surface area (Å²) < 4.78 is 6.40. The SMILES string of the molecule is CCOC(=O)C1=C(C)c2[nH]c3ccc(Br)cc3c2C(c2ccc(C)cc2)C1. The monoisotopic (exact) mass is 423 g/mol. The Morgan fingerprint density at radius 3 is 2.63 bits per heavy atom. The number of rotatable bonds is 3. The van der Waals surface area contributed by atoms with E-state index in [-0.39, 0.29) is 11.9 Å². The molecule has 2 aromatic carbocycles. The molecular weight excluding hydrogens is 402 g/mol. The maximum absolute atomic E-state index is 12.6. The van der Waals surface area contributed by atoms with Gasteiger partial charge in [-0.25, -0.2) is 4.79 Å². The minimum Gasteiger partial charge on any atom is -0.463 e. The topological polar surface area (TPSA) is 42.1 Å². The third-order valence-electron chi connectivity index (χ3n) is 5.39. The second-order valence-electron chi connectivity index (χ2n) is 7.09. The second-order valence-corrected chi connectivity index (χ2v) is 8.01. The van der Waals surface area contributed by atoms with Crippen LogP contribution in [0.4, 0.5) is 0 Å². The van der Waals surface area contributed by atoms with Crippen LogP contribution in [0.3, 0.4) is 0 Å². The van der Waals surface area contributed by atoms with E-state index in [9.17, 15) is 4.79 Å². The van der Waals surface area contributed by atoms with Crippen molar-refractivity contribution in [2.75, 3.05) is 6.61 Å². The van der Waals surface area contributed by atoms with Crippen LogP contribution >= 0.6 is 15.9 Å². The average molecular weight is 424 g/mol. The minimum absolute atomic E-state index is 0.117. The highest BCUT2D eigenvalue weighted by Crippen LogP contribution is 2.46. The first-order chi connectivity index (χ1) is 13.0. The summed E-state index contributed by atoms with van der Waals surface area (Å²) in [5.41, 5.74) is 7.60. The molecule has 4 heteroatoms. The fourth-order valence-electron chi connectivity index (χ4n) is 3.99. The highest BCUT2D eigenvalue weighted by molar-refractivity contribution is 9.10. The quantitative estimate of drug-likeness (QED) is 0.516. The van der Waals surface area contributed by atoms with Gasteiger partial charge < -0.3 is 9.72 Å². The number of hydrogen-bond acceptors (Lipinski definition) is 2. The molecule has 0 saturated carbocycles. The van der Waals surface area contributed by atoms with Gasteiger partial charge in [0.15, 0.2) is 0 Å². The van der Waals surface area contributed by atoms with Crippen LogP contribution < -0.4 is 0 Å². The molecule has 1 N–H and O–H groups in total. The minimum atomic E-state index is -0.211. The average Bonchev–Trinajstić information content (AvgIpc) is 3.02. The van der Waals surface area contributed by atoms with Gasteiger partial charge in [-0.3, -0.25) is 0 Å². The van der Waals surface area contributed by atoms with Gasteiger partial charge in [0.05, 0.1) is 6.61 Å². The number of aromatic nitrogens is 1. The number of benzene rings is 2. The lowest BCUT2D eigenvalue weighted by atomic mass is 9.77. The van der Waals surface area contributed by atoms with E-state index in [2.05, 4.69) is 64.2 Å². The highest BCUT2D eigenvalue weighted by atomic mass is 79.9. The molecule has 1 heterocycles. The molecular formula is C23H22BrNO2. The van der Waals surface area contributed by atoms with Crippen molar-refractivity contribution in [3.05, 3.63) is 74.9 Å². The number of ether oxygens (including phenoxy) is 1. The van der Waals surface area contributed by atoms with Crippen molar-refractivity contribution in [2.45, 2.75) is 33.1 Å². The van der Waals surface area contributed by atoms with Gasteiger partial charge in [-0.1, -0.05) is 45.8 Å². The van der Waals surface area contributed by atoms with Crippen LogP contribution in [-0.4, -0.2) is 17.6 Å². The van der Waals surface area contributed by atoms with Gasteiger partial charge in [0, 0.05) is 32.6 Å². The van der Waals surface area contributed by atoms with Crippen molar-refractivity contribution in [2.24, 2.45) is 0 Å². The molecule has 0 fully saturated rings. The maximum Gasteiger partial charge on any atom is 0.334 e. The van der Waals surface area contributed by atoms with Crippen molar-refractivity contribution in [3.63, 3.8) is 0 Å². The molecule has 0 spiro atoms. The van der Waals surface area contributed by atoms with E-state index >= 15 is 0 Å². The van der Waals surface area contributed by atoms with E-state index in [0.717, 1.165) is 26.8 Å². The number of halogens is 1. The van der Waals surface area contributed by atoms with E-state index in [0.29, 0.717) is 13.0 Å². The van der Waals surface area contributed by atoms with Gasteiger partial charge in [-0.05, 0) is 62.1 Å². The Labute approximate surface area is 167 Å². The van der Waals surface area contributed by atoms with Crippen molar-refractivity contribution >= 4 is 38.4 Å². The molecule has 0 bridgehead atoms. The first-order valence-electron chi connectivity index (χ1n) is 9.24. The lowest BCUT2D eigenvalue weighted by Gasteiger charge is -2.26. The smallest absolute Gasteiger partial charge is 0.334 e. The molecule has 0 radical (unpaired) electrons. The lowest BCUT2D eigenvalue weighted by molar-refractivity contribution is -0.138. The standard InChI is InChI=1S/C23H22BrNO2/c1-4-27-23(26)17-12-18(15-7-5-13(2)6-8-15)21-19-11-16(24)9-10-20(19)25-22(21)14(17)3/h5-11,18,25H,4,12H2,1-3H3.